The minimum Gasteiger partial charge on any atom is -0.480 e. The van der Waals surface area contributed by atoms with Crippen LogP contribution in [0.3, 0.4) is 0 Å². The number of nitrogens with zero attached hydrogens (tertiary/aromatic N) is 2. The van der Waals surface area contributed by atoms with E-state index < -0.39 is 12.0 Å². The Balaban J connectivity index is 1.59. The second kappa shape index (κ2) is 8.26. The molecule has 25 heavy (non-hydrogen) atoms. The van der Waals surface area contributed by atoms with Crippen LogP contribution in [-0.2, 0) is 24.3 Å². The van der Waals surface area contributed by atoms with E-state index in [1.165, 1.54) is 5.56 Å². The number of aliphatic carboxylic acids is 1. The summed E-state index contributed by atoms with van der Waals surface area (Å²) in [6.07, 6.45) is 4.01. The fourth-order valence-corrected chi connectivity index (χ4v) is 2.69. The van der Waals surface area contributed by atoms with E-state index in [1.807, 2.05) is 59.3 Å². The number of nitrogens with one attached hydrogen (secondary N) is 1. The highest BCUT2D eigenvalue weighted by Gasteiger charge is 2.18. The lowest BCUT2D eigenvalue weighted by atomic mass is 10.1. The van der Waals surface area contributed by atoms with Crippen LogP contribution in [0.25, 0.3) is 0 Å². The average Bonchev–Trinajstić information content (AvgIpc) is 3.07. The highest BCUT2D eigenvalue weighted by atomic mass is 16.4. The van der Waals surface area contributed by atoms with Gasteiger partial charge < -0.3 is 9.67 Å². The van der Waals surface area contributed by atoms with E-state index in [0.29, 0.717) is 13.0 Å². The summed E-state index contributed by atoms with van der Waals surface area (Å²) in [5.74, 6) is -0.867. The Hall–Kier alpha value is -2.92. The molecule has 1 aromatic heterocycles. The standard InChI is InChI=1S/C20H21N3O2/c24-20(25)19(21-12-16-7-3-1-4-8-16)11-18-14-23(15-22-18)13-17-9-5-2-6-10-17/h1-10,14-15,19,21H,11-13H2,(H,24,25). The molecule has 3 aromatic rings. The van der Waals surface area contributed by atoms with Gasteiger partial charge in [-0.2, -0.15) is 0 Å². The van der Waals surface area contributed by atoms with Gasteiger partial charge in [-0.05, 0) is 11.1 Å². The molecule has 2 N–H and O–H groups in total. The van der Waals surface area contributed by atoms with Gasteiger partial charge >= 0.3 is 5.97 Å². The number of rotatable bonds is 8. The van der Waals surface area contributed by atoms with Gasteiger partial charge in [0.05, 0.1) is 12.0 Å². The summed E-state index contributed by atoms with van der Waals surface area (Å²) >= 11 is 0. The fourth-order valence-electron chi connectivity index (χ4n) is 2.69. The molecule has 0 saturated heterocycles. The lowest BCUT2D eigenvalue weighted by Gasteiger charge is -2.13. The van der Waals surface area contributed by atoms with Crippen molar-refractivity contribution in [2.45, 2.75) is 25.6 Å². The Morgan fingerprint density at radius 1 is 1.04 bits per heavy atom. The molecule has 0 spiro atoms. The van der Waals surface area contributed by atoms with E-state index in [1.54, 1.807) is 6.33 Å². The van der Waals surface area contributed by atoms with Crippen molar-refractivity contribution in [3.05, 3.63) is 90.0 Å². The predicted molar refractivity (Wildman–Crippen MR) is 96.2 cm³/mol. The lowest BCUT2D eigenvalue weighted by Crippen LogP contribution is -2.38. The number of carboxylic acid groups (broad SMARTS) is 1. The molecule has 0 fully saturated rings. The average molecular weight is 335 g/mol. The summed E-state index contributed by atoms with van der Waals surface area (Å²) in [4.78, 5) is 15.9. The van der Waals surface area contributed by atoms with Crippen molar-refractivity contribution in [2.24, 2.45) is 0 Å². The molecule has 0 aliphatic carbocycles. The van der Waals surface area contributed by atoms with E-state index in [0.717, 1.165) is 17.8 Å². The first-order valence-electron chi connectivity index (χ1n) is 8.25. The monoisotopic (exact) mass is 335 g/mol. The molecular weight excluding hydrogens is 314 g/mol. The molecule has 0 saturated carbocycles. The van der Waals surface area contributed by atoms with Gasteiger partial charge in [-0.1, -0.05) is 60.7 Å². The third-order valence-electron chi connectivity index (χ3n) is 4.00. The van der Waals surface area contributed by atoms with E-state index in [9.17, 15) is 9.90 Å². The second-order valence-corrected chi connectivity index (χ2v) is 5.98. The number of carboxylic acids is 1. The zero-order valence-corrected chi connectivity index (χ0v) is 13.9. The molecule has 5 heteroatoms. The van der Waals surface area contributed by atoms with Crippen LogP contribution in [0.5, 0.6) is 0 Å². The summed E-state index contributed by atoms with van der Waals surface area (Å²) in [7, 11) is 0. The normalized spacial score (nSPS) is 12.0. The minimum atomic E-state index is -0.867. The molecule has 1 unspecified atom stereocenters. The van der Waals surface area contributed by atoms with Crippen molar-refractivity contribution in [1.29, 1.82) is 0 Å². The lowest BCUT2D eigenvalue weighted by molar-refractivity contribution is -0.139. The number of imidazole rings is 1. The molecular formula is C20H21N3O2. The van der Waals surface area contributed by atoms with Crippen molar-refractivity contribution >= 4 is 5.97 Å². The van der Waals surface area contributed by atoms with Crippen molar-refractivity contribution in [1.82, 2.24) is 14.9 Å². The van der Waals surface area contributed by atoms with E-state index >= 15 is 0 Å². The molecule has 128 valence electrons. The summed E-state index contributed by atoms with van der Waals surface area (Å²) in [6, 6.07) is 19.2. The van der Waals surface area contributed by atoms with E-state index in [-0.39, 0.29) is 0 Å². The van der Waals surface area contributed by atoms with Gasteiger partial charge in [0.15, 0.2) is 0 Å². The maximum Gasteiger partial charge on any atom is 0.321 e. The van der Waals surface area contributed by atoms with E-state index in [4.69, 9.17) is 0 Å². The third kappa shape index (κ3) is 5.02. The Kier molecular flexibility index (Phi) is 5.59. The van der Waals surface area contributed by atoms with Gasteiger partial charge in [0.2, 0.25) is 0 Å². The summed E-state index contributed by atoms with van der Waals surface area (Å²) in [6.45, 7) is 1.24. The Bertz CT molecular complexity index is 800. The van der Waals surface area contributed by atoms with Crippen molar-refractivity contribution in [2.75, 3.05) is 0 Å². The number of hydrogen-bond acceptors (Lipinski definition) is 3. The molecule has 5 nitrogen and oxygen atoms in total. The van der Waals surface area contributed by atoms with Crippen LogP contribution in [-0.4, -0.2) is 26.7 Å². The zero-order chi connectivity index (χ0) is 17.5. The van der Waals surface area contributed by atoms with Crippen LogP contribution in [0, 0.1) is 0 Å². The molecule has 1 atom stereocenters. The van der Waals surface area contributed by atoms with Crippen LogP contribution < -0.4 is 5.32 Å². The first kappa shape index (κ1) is 16.9. The van der Waals surface area contributed by atoms with E-state index in [2.05, 4.69) is 22.4 Å². The van der Waals surface area contributed by atoms with Gasteiger partial charge in [0.25, 0.3) is 0 Å². The van der Waals surface area contributed by atoms with Gasteiger partial charge in [0, 0.05) is 25.7 Å². The van der Waals surface area contributed by atoms with Gasteiger partial charge in [-0.25, -0.2) is 4.98 Å². The maximum atomic E-state index is 11.5. The molecule has 0 radical (unpaired) electrons. The molecule has 0 aliphatic heterocycles. The molecule has 1 heterocycles. The van der Waals surface area contributed by atoms with Gasteiger partial charge in [0.1, 0.15) is 6.04 Å². The smallest absolute Gasteiger partial charge is 0.321 e. The largest absolute Gasteiger partial charge is 0.480 e. The number of aromatic nitrogens is 2. The van der Waals surface area contributed by atoms with Crippen LogP contribution in [0.2, 0.25) is 0 Å². The molecule has 2 aromatic carbocycles. The first-order chi connectivity index (χ1) is 12.2. The highest BCUT2D eigenvalue weighted by molar-refractivity contribution is 5.73. The fraction of sp³-hybridized carbons (Fsp3) is 0.200. The Labute approximate surface area is 147 Å². The van der Waals surface area contributed by atoms with Crippen LogP contribution in [0.15, 0.2) is 73.2 Å². The van der Waals surface area contributed by atoms with Crippen molar-refractivity contribution < 1.29 is 9.90 Å². The molecule has 3 rings (SSSR count). The second-order valence-electron chi connectivity index (χ2n) is 5.98. The maximum absolute atomic E-state index is 11.5. The Morgan fingerprint density at radius 3 is 2.32 bits per heavy atom. The summed E-state index contributed by atoms with van der Waals surface area (Å²) in [5, 5.41) is 12.6. The summed E-state index contributed by atoms with van der Waals surface area (Å²) in [5.41, 5.74) is 3.01. The molecule has 0 bridgehead atoms. The predicted octanol–water partition coefficient (Wildman–Crippen LogP) is 2.72. The SMILES string of the molecule is O=C(O)C(Cc1cn(Cc2ccccc2)cn1)NCc1ccccc1. The quantitative estimate of drug-likeness (QED) is 0.664. The minimum absolute atomic E-state index is 0.351. The molecule has 0 amide bonds. The van der Waals surface area contributed by atoms with Gasteiger partial charge in [-0.3, -0.25) is 10.1 Å². The number of benzene rings is 2. The van der Waals surface area contributed by atoms with Crippen LogP contribution in [0.4, 0.5) is 0 Å². The third-order valence-corrected chi connectivity index (χ3v) is 4.00. The topological polar surface area (TPSA) is 67.1 Å². The van der Waals surface area contributed by atoms with Crippen molar-refractivity contribution in [3.8, 4) is 0 Å². The van der Waals surface area contributed by atoms with Crippen LogP contribution >= 0.6 is 0 Å². The molecule has 0 aliphatic rings. The summed E-state index contributed by atoms with van der Waals surface area (Å²) < 4.78 is 1.97. The zero-order valence-electron chi connectivity index (χ0n) is 13.9. The Morgan fingerprint density at radius 2 is 1.68 bits per heavy atom. The van der Waals surface area contributed by atoms with Gasteiger partial charge in [-0.15, -0.1) is 0 Å². The number of hydrogen-bond donors (Lipinski definition) is 2. The van der Waals surface area contributed by atoms with Crippen molar-refractivity contribution in [3.63, 3.8) is 0 Å². The number of carbonyl (C=O) groups is 1. The van der Waals surface area contributed by atoms with Crippen LogP contribution in [0.1, 0.15) is 16.8 Å². The first-order valence-corrected chi connectivity index (χ1v) is 8.25. The highest BCUT2D eigenvalue weighted by Crippen LogP contribution is 2.07.